The maximum Gasteiger partial charge on any atom is 0.0963 e. The summed E-state index contributed by atoms with van der Waals surface area (Å²) in [6, 6.07) is 6.07. The van der Waals surface area contributed by atoms with Gasteiger partial charge < -0.3 is 0 Å². The molecule has 0 aromatic carbocycles. The summed E-state index contributed by atoms with van der Waals surface area (Å²) < 4.78 is 0. The van der Waals surface area contributed by atoms with E-state index in [1.54, 1.807) is 11.8 Å². The molecule has 0 atom stereocenters. The molecule has 66 valence electrons. The van der Waals surface area contributed by atoms with E-state index in [0.717, 1.165) is 28.8 Å². The van der Waals surface area contributed by atoms with Gasteiger partial charge in [-0.2, -0.15) is 0 Å². The highest BCUT2D eigenvalue weighted by molar-refractivity contribution is 7.99. The van der Waals surface area contributed by atoms with Crippen LogP contribution in [0.5, 0.6) is 0 Å². The number of alkyl halides is 1. The van der Waals surface area contributed by atoms with E-state index < -0.39 is 0 Å². The number of thioether (sulfide) groups is 1. The second-order valence-electron chi connectivity index (χ2n) is 2.51. The monoisotopic (exact) mass is 201 g/mol. The van der Waals surface area contributed by atoms with Crippen LogP contribution in [0, 0.1) is 6.92 Å². The second kappa shape index (κ2) is 5.44. The quantitative estimate of drug-likeness (QED) is 0.422. The van der Waals surface area contributed by atoms with E-state index in [4.69, 9.17) is 11.6 Å². The minimum atomic E-state index is 0.735. The largest absolute Gasteiger partial charge is 0.247 e. The summed E-state index contributed by atoms with van der Waals surface area (Å²) in [5.41, 5.74) is 1.07. The van der Waals surface area contributed by atoms with Crippen LogP contribution in [0.25, 0.3) is 0 Å². The topological polar surface area (TPSA) is 12.9 Å². The predicted molar refractivity (Wildman–Crippen MR) is 55.0 cm³/mol. The van der Waals surface area contributed by atoms with Gasteiger partial charge in [0.25, 0.3) is 0 Å². The summed E-state index contributed by atoms with van der Waals surface area (Å²) in [7, 11) is 0. The van der Waals surface area contributed by atoms with Crippen molar-refractivity contribution in [3.8, 4) is 0 Å². The van der Waals surface area contributed by atoms with Crippen LogP contribution in [0.4, 0.5) is 0 Å². The van der Waals surface area contributed by atoms with Crippen molar-refractivity contribution in [1.82, 2.24) is 4.98 Å². The summed E-state index contributed by atoms with van der Waals surface area (Å²) in [6.45, 7) is 2.01. The van der Waals surface area contributed by atoms with Gasteiger partial charge in [-0.05, 0) is 25.5 Å². The number of nitrogens with zero attached hydrogens (tertiary/aromatic N) is 1. The summed E-state index contributed by atoms with van der Waals surface area (Å²) >= 11 is 7.33. The van der Waals surface area contributed by atoms with Crippen molar-refractivity contribution in [2.45, 2.75) is 18.4 Å². The van der Waals surface area contributed by atoms with Gasteiger partial charge in [0.15, 0.2) is 0 Å². The van der Waals surface area contributed by atoms with Gasteiger partial charge in [-0.3, -0.25) is 0 Å². The van der Waals surface area contributed by atoms with Crippen molar-refractivity contribution in [2.75, 3.05) is 11.6 Å². The predicted octanol–water partition coefficient (Wildman–Crippen LogP) is 3.11. The fraction of sp³-hybridized carbons (Fsp3) is 0.444. The molecule has 0 aliphatic heterocycles. The van der Waals surface area contributed by atoms with Gasteiger partial charge in [-0.1, -0.05) is 6.07 Å². The van der Waals surface area contributed by atoms with Crippen molar-refractivity contribution in [3.05, 3.63) is 23.9 Å². The molecule has 0 bridgehead atoms. The van der Waals surface area contributed by atoms with Crippen molar-refractivity contribution in [3.63, 3.8) is 0 Å². The smallest absolute Gasteiger partial charge is 0.0963 e. The Morgan fingerprint density at radius 1 is 1.50 bits per heavy atom. The zero-order chi connectivity index (χ0) is 8.81. The van der Waals surface area contributed by atoms with Gasteiger partial charge in [0.05, 0.1) is 5.03 Å². The van der Waals surface area contributed by atoms with Gasteiger partial charge in [-0.25, -0.2) is 4.98 Å². The zero-order valence-electron chi connectivity index (χ0n) is 7.09. The lowest BCUT2D eigenvalue weighted by Crippen LogP contribution is -1.85. The molecule has 1 heterocycles. The summed E-state index contributed by atoms with van der Waals surface area (Å²) in [5, 5.41) is 1.10. The number of halogens is 1. The first-order valence-corrected chi connectivity index (χ1v) is 5.47. The standard InChI is InChI=1S/C9H12ClNS/c1-8-4-2-5-9(11-8)12-7-3-6-10/h2,4-5H,3,6-7H2,1H3. The Morgan fingerprint density at radius 2 is 2.33 bits per heavy atom. The third kappa shape index (κ3) is 3.46. The van der Waals surface area contributed by atoms with Gasteiger partial charge in [0, 0.05) is 17.3 Å². The lowest BCUT2D eigenvalue weighted by Gasteiger charge is -1.99. The molecule has 0 amide bonds. The molecule has 1 aromatic rings. The van der Waals surface area contributed by atoms with E-state index in [2.05, 4.69) is 4.98 Å². The Hall–Kier alpha value is -0.210. The van der Waals surface area contributed by atoms with E-state index >= 15 is 0 Å². The average molecular weight is 202 g/mol. The Balaban J connectivity index is 2.41. The molecule has 0 aliphatic rings. The molecule has 12 heavy (non-hydrogen) atoms. The molecule has 1 aromatic heterocycles. The van der Waals surface area contributed by atoms with Gasteiger partial charge in [-0.15, -0.1) is 23.4 Å². The molecule has 0 spiro atoms. The van der Waals surface area contributed by atoms with Crippen molar-refractivity contribution in [1.29, 1.82) is 0 Å². The number of pyridine rings is 1. The number of hydrogen-bond donors (Lipinski definition) is 0. The first kappa shape index (κ1) is 9.87. The van der Waals surface area contributed by atoms with Gasteiger partial charge in [0.1, 0.15) is 0 Å². The highest BCUT2D eigenvalue weighted by Gasteiger charge is 1.94. The Bertz CT molecular complexity index is 240. The van der Waals surface area contributed by atoms with E-state index in [-0.39, 0.29) is 0 Å². The third-order valence-electron chi connectivity index (χ3n) is 1.39. The molecular weight excluding hydrogens is 190 g/mol. The van der Waals surface area contributed by atoms with Crippen LogP contribution in [0.15, 0.2) is 23.2 Å². The van der Waals surface area contributed by atoms with Crippen LogP contribution in [0.1, 0.15) is 12.1 Å². The molecule has 0 radical (unpaired) electrons. The summed E-state index contributed by atoms with van der Waals surface area (Å²) in [5.74, 6) is 1.79. The molecule has 1 rings (SSSR count). The van der Waals surface area contributed by atoms with Crippen LogP contribution in [0.3, 0.4) is 0 Å². The molecule has 0 saturated carbocycles. The van der Waals surface area contributed by atoms with Crippen LogP contribution in [-0.4, -0.2) is 16.6 Å². The molecule has 3 heteroatoms. The van der Waals surface area contributed by atoms with Gasteiger partial charge in [0.2, 0.25) is 0 Å². The van der Waals surface area contributed by atoms with Crippen LogP contribution >= 0.6 is 23.4 Å². The number of rotatable bonds is 4. The Kier molecular flexibility index (Phi) is 4.48. The van der Waals surface area contributed by atoms with Crippen molar-refractivity contribution < 1.29 is 0 Å². The van der Waals surface area contributed by atoms with Crippen LogP contribution < -0.4 is 0 Å². The van der Waals surface area contributed by atoms with E-state index in [1.165, 1.54) is 0 Å². The highest BCUT2D eigenvalue weighted by Crippen LogP contribution is 2.16. The van der Waals surface area contributed by atoms with Crippen molar-refractivity contribution >= 4 is 23.4 Å². The minimum absolute atomic E-state index is 0.735. The first-order valence-electron chi connectivity index (χ1n) is 3.95. The Labute approximate surface area is 82.5 Å². The third-order valence-corrected chi connectivity index (χ3v) is 2.67. The Morgan fingerprint density at radius 3 is 3.00 bits per heavy atom. The minimum Gasteiger partial charge on any atom is -0.247 e. The highest BCUT2D eigenvalue weighted by atomic mass is 35.5. The van der Waals surface area contributed by atoms with E-state index in [0.29, 0.717) is 0 Å². The van der Waals surface area contributed by atoms with Crippen LogP contribution in [0.2, 0.25) is 0 Å². The maximum absolute atomic E-state index is 5.57. The molecule has 0 N–H and O–H groups in total. The first-order chi connectivity index (χ1) is 5.83. The van der Waals surface area contributed by atoms with E-state index in [1.807, 2.05) is 25.1 Å². The maximum atomic E-state index is 5.57. The molecule has 0 aliphatic carbocycles. The average Bonchev–Trinajstić information content (AvgIpc) is 2.05. The number of aromatic nitrogens is 1. The van der Waals surface area contributed by atoms with Crippen molar-refractivity contribution in [2.24, 2.45) is 0 Å². The zero-order valence-corrected chi connectivity index (χ0v) is 8.66. The fourth-order valence-corrected chi connectivity index (χ4v) is 2.00. The molecule has 1 nitrogen and oxygen atoms in total. The number of hydrogen-bond acceptors (Lipinski definition) is 2. The number of aryl methyl sites for hydroxylation is 1. The molecule has 0 fully saturated rings. The summed E-state index contributed by atoms with van der Waals surface area (Å²) in [4.78, 5) is 4.36. The molecular formula is C9H12ClNS. The molecule has 0 saturated heterocycles. The fourth-order valence-electron chi connectivity index (χ4n) is 0.830. The summed E-state index contributed by atoms with van der Waals surface area (Å²) in [6.07, 6.45) is 1.04. The molecule has 0 unspecified atom stereocenters. The lowest BCUT2D eigenvalue weighted by atomic mass is 10.4. The normalized spacial score (nSPS) is 10.2. The van der Waals surface area contributed by atoms with Gasteiger partial charge >= 0.3 is 0 Å². The second-order valence-corrected chi connectivity index (χ2v) is 4.00. The lowest BCUT2D eigenvalue weighted by molar-refractivity contribution is 1.05. The van der Waals surface area contributed by atoms with E-state index in [9.17, 15) is 0 Å². The van der Waals surface area contributed by atoms with Crippen LogP contribution in [-0.2, 0) is 0 Å². The SMILES string of the molecule is Cc1cccc(SCCCCl)n1.